The van der Waals surface area contributed by atoms with Crippen molar-refractivity contribution in [2.45, 2.75) is 77.3 Å². The minimum absolute atomic E-state index is 0. The number of unbranched alkanes of at least 4 members (excludes halogenated alkanes) is 3. The summed E-state index contributed by atoms with van der Waals surface area (Å²) in [6.07, 6.45) is 10.5. The van der Waals surface area contributed by atoms with E-state index in [0.29, 0.717) is 13.2 Å². The van der Waals surface area contributed by atoms with E-state index in [4.69, 9.17) is 9.47 Å². The first-order valence-electron chi connectivity index (χ1n) is 13.8. The highest BCUT2D eigenvalue weighted by atomic mass is 35.5. The molecule has 1 fully saturated rings. The maximum Gasteiger partial charge on any atom is 0.329 e. The van der Waals surface area contributed by atoms with Gasteiger partial charge in [-0.2, -0.15) is 0 Å². The number of benzene rings is 2. The van der Waals surface area contributed by atoms with Crippen LogP contribution in [0.3, 0.4) is 0 Å². The molecule has 0 saturated heterocycles. The number of fused-ring (bicyclic) bond motifs is 1. The predicted molar refractivity (Wildman–Crippen MR) is 155 cm³/mol. The normalized spacial score (nSPS) is 14.2. The van der Waals surface area contributed by atoms with Crippen molar-refractivity contribution >= 4 is 23.4 Å². The summed E-state index contributed by atoms with van der Waals surface area (Å²) >= 11 is 0. The van der Waals surface area contributed by atoms with Crippen molar-refractivity contribution in [3.63, 3.8) is 0 Å². The Morgan fingerprint density at radius 3 is 2.27 bits per heavy atom. The molecular weight excluding hydrogens is 486 g/mol. The van der Waals surface area contributed by atoms with Gasteiger partial charge in [0.2, 0.25) is 0 Å². The van der Waals surface area contributed by atoms with Crippen LogP contribution in [0.4, 0.5) is 0 Å². The molecule has 1 saturated carbocycles. The molecule has 3 aromatic rings. The molecule has 0 N–H and O–H groups in total. The van der Waals surface area contributed by atoms with Crippen LogP contribution in [0, 0.1) is 0 Å². The van der Waals surface area contributed by atoms with Gasteiger partial charge in [0.15, 0.2) is 0 Å². The number of hydrogen-bond acceptors (Lipinski definition) is 4. The van der Waals surface area contributed by atoms with Gasteiger partial charge in [0.1, 0.15) is 11.5 Å². The van der Waals surface area contributed by atoms with Crippen LogP contribution in [-0.4, -0.2) is 47.9 Å². The van der Waals surface area contributed by atoms with Gasteiger partial charge < -0.3 is 14.4 Å². The monoisotopic (exact) mass is 529 g/mol. The Balaban J connectivity index is 0.00000380. The lowest BCUT2D eigenvalue weighted by Crippen LogP contribution is -2.29. The van der Waals surface area contributed by atoms with Crippen LogP contribution < -0.4 is 15.2 Å². The molecule has 1 aromatic heterocycles. The van der Waals surface area contributed by atoms with Crippen molar-refractivity contribution in [1.29, 1.82) is 0 Å². The molecule has 2 aromatic carbocycles. The summed E-state index contributed by atoms with van der Waals surface area (Å²) in [7, 11) is 4.24. The molecule has 1 aliphatic carbocycles. The maximum absolute atomic E-state index is 13.7. The minimum atomic E-state index is 0. The Kier molecular flexibility index (Phi) is 11.4. The predicted octanol–water partition coefficient (Wildman–Crippen LogP) is 6.68. The molecule has 0 unspecified atom stereocenters. The van der Waals surface area contributed by atoms with E-state index in [0.717, 1.165) is 60.5 Å². The fraction of sp³-hybridized carbons (Fsp3) is 0.567. The van der Waals surface area contributed by atoms with E-state index in [1.54, 1.807) is 0 Å². The highest BCUT2D eigenvalue weighted by Gasteiger charge is 2.23. The van der Waals surface area contributed by atoms with Crippen molar-refractivity contribution in [2.75, 3.05) is 33.9 Å². The zero-order chi connectivity index (χ0) is 25.3. The Hall–Kier alpha value is -2.44. The maximum atomic E-state index is 13.7. The van der Waals surface area contributed by atoms with E-state index in [9.17, 15) is 4.79 Å². The second-order valence-electron chi connectivity index (χ2n) is 10.3. The zero-order valence-corrected chi connectivity index (χ0v) is 23.6. The lowest BCUT2D eigenvalue weighted by molar-refractivity contribution is 0.302. The molecule has 0 spiro atoms. The number of nitrogens with zero attached hydrogens (tertiary/aromatic N) is 3. The van der Waals surface area contributed by atoms with Gasteiger partial charge in [-0.3, -0.25) is 9.13 Å². The minimum Gasteiger partial charge on any atom is -0.494 e. The summed E-state index contributed by atoms with van der Waals surface area (Å²) in [5.74, 6) is 1.72. The fourth-order valence-electron chi connectivity index (χ4n) is 5.31. The van der Waals surface area contributed by atoms with Gasteiger partial charge in [0.25, 0.3) is 0 Å². The van der Waals surface area contributed by atoms with Crippen LogP contribution in [0.25, 0.3) is 11.0 Å². The molecule has 204 valence electrons. The molecule has 1 heterocycles. The second kappa shape index (κ2) is 14.5. The van der Waals surface area contributed by atoms with E-state index >= 15 is 0 Å². The molecule has 0 atom stereocenters. The van der Waals surface area contributed by atoms with Crippen LogP contribution >= 0.6 is 12.4 Å². The van der Waals surface area contributed by atoms with Crippen molar-refractivity contribution in [1.82, 2.24) is 14.0 Å². The number of hydrogen-bond donors (Lipinski definition) is 0. The van der Waals surface area contributed by atoms with Gasteiger partial charge in [-0.25, -0.2) is 4.79 Å². The van der Waals surface area contributed by atoms with E-state index in [1.807, 2.05) is 46.4 Å². The molecule has 4 rings (SSSR count). The first-order valence-corrected chi connectivity index (χ1v) is 13.8. The second-order valence-corrected chi connectivity index (χ2v) is 10.3. The Morgan fingerprint density at radius 2 is 1.57 bits per heavy atom. The third-order valence-electron chi connectivity index (χ3n) is 7.22. The molecule has 0 bridgehead atoms. The van der Waals surface area contributed by atoms with Crippen molar-refractivity contribution < 1.29 is 9.47 Å². The van der Waals surface area contributed by atoms with Gasteiger partial charge in [-0.15, -0.1) is 12.4 Å². The summed E-state index contributed by atoms with van der Waals surface area (Å²) in [5.41, 5.74) is 3.15. The molecule has 1 aliphatic rings. The van der Waals surface area contributed by atoms with Crippen LogP contribution in [-0.2, 0) is 6.54 Å². The molecule has 0 amide bonds. The molecule has 7 heteroatoms. The quantitative estimate of drug-likeness (QED) is 0.232. The Bertz CT molecular complexity index is 1150. The van der Waals surface area contributed by atoms with Crippen molar-refractivity contribution in [2.24, 2.45) is 0 Å². The van der Waals surface area contributed by atoms with Gasteiger partial charge in [-0.1, -0.05) is 44.2 Å². The molecule has 6 nitrogen and oxygen atoms in total. The highest BCUT2D eigenvalue weighted by molar-refractivity contribution is 5.85. The number of ether oxygens (including phenoxy) is 2. The molecule has 0 aliphatic heterocycles. The van der Waals surface area contributed by atoms with Gasteiger partial charge in [-0.05, 0) is 83.1 Å². The van der Waals surface area contributed by atoms with Crippen LogP contribution in [0.5, 0.6) is 11.5 Å². The van der Waals surface area contributed by atoms with E-state index < -0.39 is 0 Å². The topological polar surface area (TPSA) is 48.6 Å². The van der Waals surface area contributed by atoms with E-state index in [2.05, 4.69) is 31.1 Å². The first kappa shape index (κ1) is 29.1. The van der Waals surface area contributed by atoms with E-state index in [1.165, 1.54) is 38.5 Å². The summed E-state index contributed by atoms with van der Waals surface area (Å²) in [4.78, 5) is 15.9. The van der Waals surface area contributed by atoms with Gasteiger partial charge >= 0.3 is 5.69 Å². The fourth-order valence-corrected chi connectivity index (χ4v) is 5.31. The summed E-state index contributed by atoms with van der Waals surface area (Å²) in [5, 5.41) is 0. The number of aromatic nitrogens is 2. The Labute approximate surface area is 228 Å². The summed E-state index contributed by atoms with van der Waals surface area (Å²) in [6, 6.07) is 14.5. The Morgan fingerprint density at radius 1 is 0.865 bits per heavy atom. The van der Waals surface area contributed by atoms with Crippen molar-refractivity contribution in [3.8, 4) is 11.5 Å². The van der Waals surface area contributed by atoms with Crippen LogP contribution in [0.2, 0.25) is 0 Å². The highest BCUT2D eigenvalue weighted by Crippen LogP contribution is 2.31. The third kappa shape index (κ3) is 7.78. The zero-order valence-electron chi connectivity index (χ0n) is 22.8. The lowest BCUT2D eigenvalue weighted by atomic mass is 9.95. The third-order valence-corrected chi connectivity index (χ3v) is 7.22. The number of imidazole rings is 1. The summed E-state index contributed by atoms with van der Waals surface area (Å²) < 4.78 is 15.7. The smallest absolute Gasteiger partial charge is 0.329 e. The molecule has 0 radical (unpaired) electrons. The molecule has 37 heavy (non-hydrogen) atoms. The lowest BCUT2D eigenvalue weighted by Gasteiger charge is -2.23. The average Bonchev–Trinajstić information content (AvgIpc) is 3.15. The number of rotatable bonds is 13. The number of halogens is 1. The standard InChI is InChI=1S/C30H43N3O3.ClH/c1-4-35-27-18-19-28-29(22-27)33(25-12-8-7-9-13-25)30(34)32(28)23-24-14-16-26(17-15-24)36-21-11-6-5-10-20-31(2)3;/h14-19,22,25H,4-13,20-21,23H2,1-3H3;1H. The van der Waals surface area contributed by atoms with Gasteiger partial charge in [0, 0.05) is 12.1 Å². The van der Waals surface area contributed by atoms with Crippen LogP contribution in [0.15, 0.2) is 47.3 Å². The largest absolute Gasteiger partial charge is 0.494 e. The van der Waals surface area contributed by atoms with Gasteiger partial charge in [0.05, 0.1) is 30.8 Å². The molecular formula is C30H44ClN3O3. The van der Waals surface area contributed by atoms with Crippen LogP contribution in [0.1, 0.15) is 76.3 Å². The summed E-state index contributed by atoms with van der Waals surface area (Å²) in [6.45, 7) is 5.06. The first-order chi connectivity index (χ1) is 17.6. The SMILES string of the molecule is CCOc1ccc2c(c1)n(C1CCCCC1)c(=O)n2Cc1ccc(OCCCCCCN(C)C)cc1.Cl. The van der Waals surface area contributed by atoms with E-state index in [-0.39, 0.29) is 24.1 Å². The average molecular weight is 530 g/mol. The van der Waals surface area contributed by atoms with Crippen molar-refractivity contribution in [3.05, 3.63) is 58.5 Å².